The molecule has 2 aromatic carbocycles. The summed E-state index contributed by atoms with van der Waals surface area (Å²) in [4.78, 5) is 10.9. The van der Waals surface area contributed by atoms with Crippen molar-refractivity contribution in [2.24, 2.45) is 0 Å². The van der Waals surface area contributed by atoms with Gasteiger partial charge >= 0.3 is 0 Å². The molecule has 0 amide bonds. The van der Waals surface area contributed by atoms with E-state index >= 15 is 0 Å². The average Bonchev–Trinajstić information content (AvgIpc) is 2.37. The lowest BCUT2D eigenvalue weighted by Crippen LogP contribution is -1.94. The highest BCUT2D eigenvalue weighted by atomic mass is 16.1. The highest BCUT2D eigenvalue weighted by Gasteiger charge is 2.12. The topological polar surface area (TPSA) is 17.1 Å². The van der Waals surface area contributed by atoms with Crippen LogP contribution >= 0.6 is 0 Å². The van der Waals surface area contributed by atoms with E-state index in [9.17, 15) is 4.79 Å². The lowest BCUT2D eigenvalue weighted by atomic mass is 9.89. The second kappa shape index (κ2) is 3.48. The number of allylic oxidation sites excluding steroid dienone is 2. The zero-order valence-electron chi connectivity index (χ0n) is 8.73. The predicted octanol–water partition coefficient (Wildman–Crippen LogP) is 3.47. The van der Waals surface area contributed by atoms with E-state index in [0.717, 1.165) is 16.7 Å². The second-order valence-corrected chi connectivity index (χ2v) is 3.94. The lowest BCUT2D eigenvalue weighted by molar-refractivity contribution is 0.569. The fourth-order valence-electron chi connectivity index (χ4n) is 2.24. The minimum Gasteiger partial charge on any atom is -0.233 e. The molecule has 0 saturated carbocycles. The summed E-state index contributed by atoms with van der Waals surface area (Å²) in [7, 11) is 0. The SMILES string of the molecule is O=C=C1CC=Cc2c1ccc1ccccc21. The first-order valence-electron chi connectivity index (χ1n) is 5.33. The van der Waals surface area contributed by atoms with Gasteiger partial charge in [-0.2, -0.15) is 0 Å². The van der Waals surface area contributed by atoms with Crippen LogP contribution in [0, 0.1) is 0 Å². The first-order chi connectivity index (χ1) is 7.90. The van der Waals surface area contributed by atoms with Crippen molar-refractivity contribution in [2.75, 3.05) is 0 Å². The zero-order valence-corrected chi connectivity index (χ0v) is 8.73. The van der Waals surface area contributed by atoms with Gasteiger partial charge in [0.25, 0.3) is 0 Å². The van der Waals surface area contributed by atoms with Crippen molar-refractivity contribution in [3.63, 3.8) is 0 Å². The Labute approximate surface area is 93.7 Å². The summed E-state index contributed by atoms with van der Waals surface area (Å²) >= 11 is 0. The van der Waals surface area contributed by atoms with E-state index in [2.05, 4.69) is 24.3 Å². The van der Waals surface area contributed by atoms with Crippen LogP contribution in [0.3, 0.4) is 0 Å². The Morgan fingerprint density at radius 3 is 2.81 bits per heavy atom. The minimum absolute atomic E-state index is 0.689. The van der Waals surface area contributed by atoms with Crippen molar-refractivity contribution < 1.29 is 4.79 Å². The van der Waals surface area contributed by atoms with Crippen LogP contribution in [0.15, 0.2) is 42.5 Å². The molecule has 0 spiro atoms. The van der Waals surface area contributed by atoms with Crippen molar-refractivity contribution in [2.45, 2.75) is 6.42 Å². The van der Waals surface area contributed by atoms with Crippen molar-refractivity contribution >= 4 is 28.4 Å². The first kappa shape index (κ1) is 9.14. The van der Waals surface area contributed by atoms with E-state index in [4.69, 9.17) is 0 Å². The van der Waals surface area contributed by atoms with E-state index in [-0.39, 0.29) is 0 Å². The van der Waals surface area contributed by atoms with Gasteiger partial charge in [-0.05, 0) is 21.9 Å². The van der Waals surface area contributed by atoms with Crippen LogP contribution in [-0.4, -0.2) is 5.94 Å². The molecule has 3 rings (SSSR count). The van der Waals surface area contributed by atoms with E-state index < -0.39 is 0 Å². The first-order valence-corrected chi connectivity index (χ1v) is 5.33. The Hall–Kier alpha value is -2.11. The van der Waals surface area contributed by atoms with E-state index in [0.29, 0.717) is 6.42 Å². The molecule has 1 aliphatic carbocycles. The summed E-state index contributed by atoms with van der Waals surface area (Å²) in [6.07, 6.45) is 4.81. The quantitative estimate of drug-likeness (QED) is 0.603. The van der Waals surface area contributed by atoms with E-state index in [1.54, 1.807) is 0 Å². The fraction of sp³-hybridized carbons (Fsp3) is 0.0667. The van der Waals surface area contributed by atoms with Gasteiger partial charge in [0.1, 0.15) is 5.94 Å². The maximum absolute atomic E-state index is 10.9. The molecule has 0 unspecified atom stereocenters. The Morgan fingerprint density at radius 2 is 1.94 bits per heavy atom. The molecule has 1 aliphatic rings. The lowest BCUT2D eigenvalue weighted by Gasteiger charge is -2.13. The third-order valence-corrected chi connectivity index (χ3v) is 3.03. The molecule has 0 radical (unpaired) electrons. The molecule has 1 nitrogen and oxygen atoms in total. The Kier molecular flexibility index (Phi) is 1.99. The molecule has 0 fully saturated rings. The van der Waals surface area contributed by atoms with E-state index in [1.165, 1.54) is 10.8 Å². The molecule has 0 atom stereocenters. The van der Waals surface area contributed by atoms with Crippen LogP contribution in [-0.2, 0) is 4.79 Å². The van der Waals surface area contributed by atoms with Crippen LogP contribution in [0.25, 0.3) is 22.4 Å². The number of carbonyl (C=O) groups excluding carboxylic acids is 1. The molecule has 0 aromatic heterocycles. The number of benzene rings is 2. The summed E-state index contributed by atoms with van der Waals surface area (Å²) in [5.41, 5.74) is 2.92. The van der Waals surface area contributed by atoms with Gasteiger partial charge in [0.05, 0.1) is 0 Å². The van der Waals surface area contributed by atoms with Gasteiger partial charge in [-0.1, -0.05) is 48.6 Å². The maximum Gasteiger partial charge on any atom is 0.128 e. The highest BCUT2D eigenvalue weighted by molar-refractivity contribution is 6.01. The third kappa shape index (κ3) is 1.23. The van der Waals surface area contributed by atoms with Gasteiger partial charge in [-0.25, -0.2) is 4.79 Å². The summed E-state index contributed by atoms with van der Waals surface area (Å²) in [5.74, 6) is 2.04. The van der Waals surface area contributed by atoms with Crippen molar-refractivity contribution in [1.82, 2.24) is 0 Å². The van der Waals surface area contributed by atoms with Gasteiger partial charge < -0.3 is 0 Å². The van der Waals surface area contributed by atoms with Crippen molar-refractivity contribution in [1.29, 1.82) is 0 Å². The van der Waals surface area contributed by atoms with Crippen molar-refractivity contribution in [3.05, 3.63) is 53.6 Å². The minimum atomic E-state index is 0.689. The van der Waals surface area contributed by atoms with Gasteiger partial charge in [-0.3, -0.25) is 0 Å². The molecule has 0 N–H and O–H groups in total. The predicted molar refractivity (Wildman–Crippen MR) is 66.7 cm³/mol. The monoisotopic (exact) mass is 206 g/mol. The number of rotatable bonds is 0. The molecule has 0 saturated heterocycles. The van der Waals surface area contributed by atoms with Gasteiger partial charge in [0.2, 0.25) is 0 Å². The number of hydrogen-bond acceptors (Lipinski definition) is 1. The van der Waals surface area contributed by atoms with Crippen LogP contribution in [0.5, 0.6) is 0 Å². The van der Waals surface area contributed by atoms with Gasteiger partial charge in [0.15, 0.2) is 0 Å². The summed E-state index contributed by atoms with van der Waals surface area (Å²) in [6, 6.07) is 12.3. The molecular formula is C15H10O. The number of fused-ring (bicyclic) bond motifs is 3. The van der Waals surface area contributed by atoms with Gasteiger partial charge in [0, 0.05) is 12.0 Å². The second-order valence-electron chi connectivity index (χ2n) is 3.94. The van der Waals surface area contributed by atoms with E-state index in [1.807, 2.05) is 30.2 Å². The standard InChI is InChI=1S/C15H10O/c16-10-12-5-3-7-15-13-6-2-1-4-11(13)8-9-14(12)15/h1-4,6-9H,5H2. The molecule has 0 aliphatic heterocycles. The zero-order chi connectivity index (χ0) is 11.0. The smallest absolute Gasteiger partial charge is 0.128 e. The normalized spacial score (nSPS) is 13.6. The van der Waals surface area contributed by atoms with Crippen LogP contribution in [0.4, 0.5) is 0 Å². The fourth-order valence-corrected chi connectivity index (χ4v) is 2.24. The van der Waals surface area contributed by atoms with Crippen molar-refractivity contribution in [3.8, 4) is 0 Å². The van der Waals surface area contributed by atoms with Crippen LogP contribution < -0.4 is 0 Å². The van der Waals surface area contributed by atoms with Gasteiger partial charge in [-0.15, -0.1) is 0 Å². The summed E-state index contributed by atoms with van der Waals surface area (Å²) in [5, 5.41) is 2.40. The Balaban J connectivity index is 2.44. The average molecular weight is 206 g/mol. The molecule has 1 heteroatoms. The Bertz CT molecular complexity index is 644. The third-order valence-electron chi connectivity index (χ3n) is 3.03. The summed E-state index contributed by atoms with van der Waals surface area (Å²) in [6.45, 7) is 0. The molecule has 0 heterocycles. The Morgan fingerprint density at radius 1 is 1.06 bits per heavy atom. The molecule has 0 bridgehead atoms. The highest BCUT2D eigenvalue weighted by Crippen LogP contribution is 2.32. The largest absolute Gasteiger partial charge is 0.233 e. The number of hydrogen-bond donors (Lipinski definition) is 0. The van der Waals surface area contributed by atoms with Crippen LogP contribution in [0.2, 0.25) is 0 Å². The molecule has 2 aromatic rings. The molecule has 76 valence electrons. The summed E-state index contributed by atoms with van der Waals surface area (Å²) < 4.78 is 0. The molecule has 16 heavy (non-hydrogen) atoms. The molecular weight excluding hydrogens is 196 g/mol. The maximum atomic E-state index is 10.9. The van der Waals surface area contributed by atoms with Crippen LogP contribution in [0.1, 0.15) is 17.5 Å².